The highest BCUT2D eigenvalue weighted by Crippen LogP contribution is 2.06. The zero-order chi connectivity index (χ0) is 13.6. The van der Waals surface area contributed by atoms with Crippen LogP contribution in [-0.4, -0.2) is 35.2 Å². The molecule has 0 aliphatic rings. The van der Waals surface area contributed by atoms with Crippen LogP contribution >= 0.6 is 0 Å². The van der Waals surface area contributed by atoms with Crippen LogP contribution in [0.1, 0.15) is 26.3 Å². The number of hydrogen-bond donors (Lipinski definition) is 1. The summed E-state index contributed by atoms with van der Waals surface area (Å²) >= 11 is 0. The summed E-state index contributed by atoms with van der Waals surface area (Å²) in [7, 11) is 1.65. The predicted octanol–water partition coefficient (Wildman–Crippen LogP) is 1.55. The second-order valence-corrected chi connectivity index (χ2v) is 4.96. The lowest BCUT2D eigenvalue weighted by Gasteiger charge is -2.19. The Kier molecular flexibility index (Phi) is 5.15. The van der Waals surface area contributed by atoms with Gasteiger partial charge in [-0.25, -0.2) is 4.79 Å². The van der Waals surface area contributed by atoms with E-state index in [1.54, 1.807) is 18.0 Å². The van der Waals surface area contributed by atoms with E-state index in [-0.39, 0.29) is 0 Å². The average Bonchev–Trinajstić information content (AvgIpc) is 2.69. The molecular formula is C12H21N3O3. The Bertz CT molecular complexity index is 382. The standard InChI is InChI=1S/C12H21N3O3/c1-12(2,3)18-11(16)13-7-10-8-14-15(9-10)5-6-17-4/h8-9H,5-7H2,1-4H3,(H,13,16). The molecule has 6 nitrogen and oxygen atoms in total. The van der Waals surface area contributed by atoms with Gasteiger partial charge in [0.15, 0.2) is 0 Å². The fourth-order valence-electron chi connectivity index (χ4n) is 1.29. The summed E-state index contributed by atoms with van der Waals surface area (Å²) in [5.74, 6) is 0. The first kappa shape index (κ1) is 14.5. The van der Waals surface area contributed by atoms with Crippen molar-refractivity contribution in [2.24, 2.45) is 0 Å². The van der Waals surface area contributed by atoms with Crippen LogP contribution in [0.2, 0.25) is 0 Å². The highest BCUT2D eigenvalue weighted by atomic mass is 16.6. The molecule has 0 aliphatic heterocycles. The molecule has 1 N–H and O–H groups in total. The number of aromatic nitrogens is 2. The number of carbonyl (C=O) groups is 1. The number of rotatable bonds is 5. The molecule has 1 rings (SSSR count). The van der Waals surface area contributed by atoms with Gasteiger partial charge in [0.2, 0.25) is 0 Å². The van der Waals surface area contributed by atoms with Crippen LogP contribution in [-0.2, 0) is 22.6 Å². The van der Waals surface area contributed by atoms with Gasteiger partial charge in [0.1, 0.15) is 5.60 Å². The normalized spacial score (nSPS) is 11.3. The van der Waals surface area contributed by atoms with Crippen molar-refractivity contribution >= 4 is 6.09 Å². The Hall–Kier alpha value is -1.56. The van der Waals surface area contributed by atoms with E-state index in [0.717, 1.165) is 5.56 Å². The quantitative estimate of drug-likeness (QED) is 0.867. The van der Waals surface area contributed by atoms with E-state index >= 15 is 0 Å². The van der Waals surface area contributed by atoms with Gasteiger partial charge in [0.25, 0.3) is 0 Å². The van der Waals surface area contributed by atoms with Crippen molar-refractivity contribution in [3.63, 3.8) is 0 Å². The molecule has 0 aliphatic carbocycles. The van der Waals surface area contributed by atoms with Crippen molar-refractivity contribution in [2.75, 3.05) is 13.7 Å². The highest BCUT2D eigenvalue weighted by molar-refractivity contribution is 5.67. The van der Waals surface area contributed by atoms with Crippen molar-refractivity contribution < 1.29 is 14.3 Å². The van der Waals surface area contributed by atoms with Crippen LogP contribution in [0.3, 0.4) is 0 Å². The third-order valence-corrected chi connectivity index (χ3v) is 2.05. The topological polar surface area (TPSA) is 65.4 Å². The van der Waals surface area contributed by atoms with Gasteiger partial charge in [0.05, 0.1) is 19.3 Å². The van der Waals surface area contributed by atoms with Crippen molar-refractivity contribution in [2.45, 2.75) is 39.5 Å². The molecule has 0 spiro atoms. The fourth-order valence-corrected chi connectivity index (χ4v) is 1.29. The number of amides is 1. The second kappa shape index (κ2) is 6.39. The van der Waals surface area contributed by atoms with E-state index in [9.17, 15) is 4.79 Å². The van der Waals surface area contributed by atoms with Crippen LogP contribution in [0.25, 0.3) is 0 Å². The Morgan fingerprint density at radius 3 is 2.83 bits per heavy atom. The summed E-state index contributed by atoms with van der Waals surface area (Å²) in [5.41, 5.74) is 0.448. The third-order valence-electron chi connectivity index (χ3n) is 2.05. The molecule has 0 radical (unpaired) electrons. The molecule has 102 valence electrons. The first-order chi connectivity index (χ1) is 8.40. The maximum absolute atomic E-state index is 11.4. The van der Waals surface area contributed by atoms with E-state index in [0.29, 0.717) is 19.7 Å². The monoisotopic (exact) mass is 255 g/mol. The van der Waals surface area contributed by atoms with Crippen molar-refractivity contribution in [3.05, 3.63) is 18.0 Å². The minimum atomic E-state index is -0.479. The van der Waals surface area contributed by atoms with Crippen molar-refractivity contribution in [3.8, 4) is 0 Å². The second-order valence-electron chi connectivity index (χ2n) is 4.96. The molecule has 0 bridgehead atoms. The van der Waals surface area contributed by atoms with Crippen LogP contribution in [0, 0.1) is 0 Å². The Balaban J connectivity index is 2.35. The van der Waals surface area contributed by atoms with E-state index in [1.807, 2.05) is 27.0 Å². The van der Waals surface area contributed by atoms with Gasteiger partial charge in [-0.1, -0.05) is 0 Å². The number of alkyl carbamates (subject to hydrolysis) is 1. The molecule has 1 heterocycles. The molecule has 0 unspecified atom stereocenters. The first-order valence-electron chi connectivity index (χ1n) is 5.88. The van der Waals surface area contributed by atoms with Crippen LogP contribution in [0.4, 0.5) is 4.79 Å². The van der Waals surface area contributed by atoms with Gasteiger partial charge in [-0.05, 0) is 20.8 Å². The van der Waals surface area contributed by atoms with Gasteiger partial charge < -0.3 is 14.8 Å². The smallest absolute Gasteiger partial charge is 0.407 e. The molecule has 1 aromatic heterocycles. The Morgan fingerprint density at radius 2 is 2.22 bits per heavy atom. The predicted molar refractivity (Wildman–Crippen MR) is 67.2 cm³/mol. The van der Waals surface area contributed by atoms with Gasteiger partial charge in [-0.2, -0.15) is 5.10 Å². The molecule has 1 aromatic rings. The summed E-state index contributed by atoms with van der Waals surface area (Å²) in [4.78, 5) is 11.4. The number of nitrogens with zero attached hydrogens (tertiary/aromatic N) is 2. The maximum Gasteiger partial charge on any atom is 0.407 e. The van der Waals surface area contributed by atoms with Gasteiger partial charge in [-0.15, -0.1) is 0 Å². The zero-order valence-electron chi connectivity index (χ0n) is 11.4. The first-order valence-corrected chi connectivity index (χ1v) is 5.88. The maximum atomic E-state index is 11.4. The average molecular weight is 255 g/mol. The SMILES string of the molecule is COCCn1cc(CNC(=O)OC(C)(C)C)cn1. The molecule has 0 saturated heterocycles. The summed E-state index contributed by atoms with van der Waals surface area (Å²) in [6.07, 6.45) is 3.16. The minimum absolute atomic E-state index is 0.405. The number of nitrogens with one attached hydrogen (secondary N) is 1. The van der Waals surface area contributed by atoms with Crippen LogP contribution in [0.5, 0.6) is 0 Å². The number of carbonyl (C=O) groups excluding carboxylic acids is 1. The minimum Gasteiger partial charge on any atom is -0.444 e. The number of hydrogen-bond acceptors (Lipinski definition) is 4. The molecule has 0 fully saturated rings. The summed E-state index contributed by atoms with van der Waals surface area (Å²) in [5, 5.41) is 6.83. The molecule has 0 aromatic carbocycles. The molecule has 0 atom stereocenters. The molecule has 18 heavy (non-hydrogen) atoms. The fraction of sp³-hybridized carbons (Fsp3) is 0.667. The number of methoxy groups -OCH3 is 1. The van der Waals surface area contributed by atoms with Gasteiger partial charge in [-0.3, -0.25) is 4.68 Å². The number of ether oxygens (including phenoxy) is 2. The van der Waals surface area contributed by atoms with Gasteiger partial charge >= 0.3 is 6.09 Å². The lowest BCUT2D eigenvalue weighted by molar-refractivity contribution is 0.0523. The lowest BCUT2D eigenvalue weighted by Crippen LogP contribution is -2.32. The van der Waals surface area contributed by atoms with Crippen LogP contribution in [0.15, 0.2) is 12.4 Å². The van der Waals surface area contributed by atoms with Crippen molar-refractivity contribution in [1.82, 2.24) is 15.1 Å². The third kappa shape index (κ3) is 5.67. The van der Waals surface area contributed by atoms with E-state index in [2.05, 4.69) is 10.4 Å². The molecule has 0 saturated carbocycles. The summed E-state index contributed by atoms with van der Waals surface area (Å²) in [6.45, 7) is 7.20. The largest absolute Gasteiger partial charge is 0.444 e. The zero-order valence-corrected chi connectivity index (χ0v) is 11.4. The summed E-state index contributed by atoms with van der Waals surface area (Å²) in [6, 6.07) is 0. The Labute approximate surface area is 107 Å². The molecule has 6 heteroatoms. The van der Waals surface area contributed by atoms with E-state index < -0.39 is 11.7 Å². The van der Waals surface area contributed by atoms with Crippen molar-refractivity contribution in [1.29, 1.82) is 0 Å². The lowest BCUT2D eigenvalue weighted by atomic mass is 10.2. The summed E-state index contributed by atoms with van der Waals surface area (Å²) < 4.78 is 11.9. The highest BCUT2D eigenvalue weighted by Gasteiger charge is 2.15. The van der Waals surface area contributed by atoms with E-state index in [1.165, 1.54) is 0 Å². The van der Waals surface area contributed by atoms with E-state index in [4.69, 9.17) is 9.47 Å². The Morgan fingerprint density at radius 1 is 1.50 bits per heavy atom. The molecule has 1 amide bonds. The van der Waals surface area contributed by atoms with Crippen LogP contribution < -0.4 is 5.32 Å². The van der Waals surface area contributed by atoms with Gasteiger partial charge in [0, 0.05) is 25.4 Å². The molecular weight excluding hydrogens is 234 g/mol.